The van der Waals surface area contributed by atoms with Crippen molar-refractivity contribution in [2.45, 2.75) is 20.0 Å². The molecule has 0 aliphatic heterocycles. The number of carbonyl (C=O) groups is 3. The second-order valence-corrected chi connectivity index (χ2v) is 6.14. The molecule has 1 N–H and O–H groups in total. The second kappa shape index (κ2) is 10.1. The summed E-state index contributed by atoms with van der Waals surface area (Å²) in [5, 5.41) is 2.68. The Morgan fingerprint density at radius 1 is 1.03 bits per heavy atom. The standard InChI is InChI=1S/C21H23NO7/c1-13-5-7-17(26-3)16(9-13)22-21(25)14(2)29-20(24)12-28-18-8-6-15(11-23)10-19(18)27-4/h5-11,14H,12H2,1-4H3,(H,22,25)/t14-/m1/s1. The second-order valence-electron chi connectivity index (χ2n) is 6.14. The average molecular weight is 401 g/mol. The van der Waals surface area contributed by atoms with Gasteiger partial charge in [-0.2, -0.15) is 0 Å². The number of aldehydes is 1. The lowest BCUT2D eigenvalue weighted by molar-refractivity contribution is -0.155. The number of aryl methyl sites for hydroxylation is 1. The van der Waals surface area contributed by atoms with Gasteiger partial charge in [-0.1, -0.05) is 6.07 Å². The van der Waals surface area contributed by atoms with Crippen LogP contribution in [0, 0.1) is 6.92 Å². The lowest BCUT2D eigenvalue weighted by atomic mass is 10.2. The van der Waals surface area contributed by atoms with E-state index in [-0.39, 0.29) is 5.75 Å². The molecule has 0 bridgehead atoms. The molecule has 0 aliphatic carbocycles. The highest BCUT2D eigenvalue weighted by Crippen LogP contribution is 2.28. The Balaban J connectivity index is 1.93. The molecular weight excluding hydrogens is 378 g/mol. The summed E-state index contributed by atoms with van der Waals surface area (Å²) in [5.41, 5.74) is 1.83. The molecule has 8 heteroatoms. The van der Waals surface area contributed by atoms with Crippen LogP contribution in [-0.4, -0.2) is 45.1 Å². The van der Waals surface area contributed by atoms with Crippen LogP contribution < -0.4 is 19.5 Å². The average Bonchev–Trinajstić information content (AvgIpc) is 2.72. The van der Waals surface area contributed by atoms with E-state index in [1.807, 2.05) is 13.0 Å². The fraction of sp³-hybridized carbons (Fsp3) is 0.286. The van der Waals surface area contributed by atoms with Gasteiger partial charge >= 0.3 is 5.97 Å². The molecule has 0 fully saturated rings. The molecule has 1 amide bonds. The SMILES string of the molecule is COc1ccc(C)cc1NC(=O)[C@@H](C)OC(=O)COc1ccc(C=O)cc1OC. The largest absolute Gasteiger partial charge is 0.495 e. The number of hydrogen-bond acceptors (Lipinski definition) is 7. The maximum atomic E-state index is 12.3. The number of anilines is 1. The van der Waals surface area contributed by atoms with Crippen LogP contribution in [0.3, 0.4) is 0 Å². The Hall–Kier alpha value is -3.55. The zero-order valence-corrected chi connectivity index (χ0v) is 16.7. The predicted molar refractivity (Wildman–Crippen MR) is 106 cm³/mol. The van der Waals surface area contributed by atoms with Gasteiger partial charge in [0.05, 0.1) is 19.9 Å². The molecule has 2 rings (SSSR count). The zero-order chi connectivity index (χ0) is 21.4. The summed E-state index contributed by atoms with van der Waals surface area (Å²) in [4.78, 5) is 35.2. The predicted octanol–water partition coefficient (Wildman–Crippen LogP) is 2.77. The van der Waals surface area contributed by atoms with Crippen molar-refractivity contribution in [3.05, 3.63) is 47.5 Å². The van der Waals surface area contributed by atoms with Gasteiger partial charge in [-0.15, -0.1) is 0 Å². The maximum absolute atomic E-state index is 12.3. The molecule has 1 atom stereocenters. The van der Waals surface area contributed by atoms with E-state index in [4.69, 9.17) is 18.9 Å². The first kappa shape index (κ1) is 21.7. The molecule has 8 nitrogen and oxygen atoms in total. The molecule has 2 aromatic rings. The van der Waals surface area contributed by atoms with E-state index < -0.39 is 24.6 Å². The molecule has 154 valence electrons. The van der Waals surface area contributed by atoms with Crippen molar-refractivity contribution < 1.29 is 33.3 Å². The van der Waals surface area contributed by atoms with Gasteiger partial charge in [0.2, 0.25) is 0 Å². The third kappa shape index (κ3) is 5.97. The summed E-state index contributed by atoms with van der Waals surface area (Å²) in [7, 11) is 2.91. The first-order valence-corrected chi connectivity index (χ1v) is 8.79. The first-order valence-electron chi connectivity index (χ1n) is 8.79. The van der Waals surface area contributed by atoms with Crippen molar-refractivity contribution in [3.8, 4) is 17.2 Å². The molecule has 0 aromatic heterocycles. The quantitative estimate of drug-likeness (QED) is 0.509. The smallest absolute Gasteiger partial charge is 0.344 e. The van der Waals surface area contributed by atoms with Crippen LogP contribution in [0.4, 0.5) is 5.69 Å². The molecule has 0 aliphatic rings. The summed E-state index contributed by atoms with van der Waals surface area (Å²) in [5.74, 6) is -0.159. The van der Waals surface area contributed by atoms with Crippen LogP contribution in [-0.2, 0) is 14.3 Å². The monoisotopic (exact) mass is 401 g/mol. The van der Waals surface area contributed by atoms with Crippen LogP contribution >= 0.6 is 0 Å². The Kier molecular flexibility index (Phi) is 7.59. The molecule has 29 heavy (non-hydrogen) atoms. The number of ether oxygens (including phenoxy) is 4. The van der Waals surface area contributed by atoms with Gasteiger partial charge in [-0.25, -0.2) is 4.79 Å². The molecule has 0 radical (unpaired) electrons. The fourth-order valence-electron chi connectivity index (χ4n) is 2.45. The number of amides is 1. The van der Waals surface area contributed by atoms with Gasteiger partial charge < -0.3 is 24.3 Å². The van der Waals surface area contributed by atoms with Gasteiger partial charge in [0, 0.05) is 5.56 Å². The van der Waals surface area contributed by atoms with Crippen LogP contribution in [0.15, 0.2) is 36.4 Å². The fourth-order valence-corrected chi connectivity index (χ4v) is 2.45. The van der Waals surface area contributed by atoms with Gasteiger partial charge in [0.25, 0.3) is 5.91 Å². The third-order valence-corrected chi connectivity index (χ3v) is 3.96. The first-order chi connectivity index (χ1) is 13.9. The third-order valence-electron chi connectivity index (χ3n) is 3.96. The molecule has 0 spiro atoms. The van der Waals surface area contributed by atoms with Crippen LogP contribution in [0.1, 0.15) is 22.8 Å². The van der Waals surface area contributed by atoms with Crippen molar-refractivity contribution in [2.75, 3.05) is 26.1 Å². The van der Waals surface area contributed by atoms with Gasteiger partial charge in [-0.05, 0) is 49.7 Å². The summed E-state index contributed by atoms with van der Waals surface area (Å²) in [6.45, 7) is 2.91. The Morgan fingerprint density at radius 3 is 2.38 bits per heavy atom. The number of nitrogens with one attached hydrogen (secondary N) is 1. The van der Waals surface area contributed by atoms with Crippen LogP contribution in [0.2, 0.25) is 0 Å². The van der Waals surface area contributed by atoms with Crippen molar-refractivity contribution >= 4 is 23.9 Å². The van der Waals surface area contributed by atoms with E-state index in [9.17, 15) is 14.4 Å². The Morgan fingerprint density at radius 2 is 1.72 bits per heavy atom. The molecule has 2 aromatic carbocycles. The van der Waals surface area contributed by atoms with E-state index >= 15 is 0 Å². The van der Waals surface area contributed by atoms with Crippen molar-refractivity contribution in [1.82, 2.24) is 0 Å². The number of methoxy groups -OCH3 is 2. The van der Waals surface area contributed by atoms with Gasteiger partial charge in [0.1, 0.15) is 12.0 Å². The number of rotatable bonds is 9. The van der Waals surface area contributed by atoms with E-state index in [2.05, 4.69) is 5.32 Å². The highest BCUT2D eigenvalue weighted by molar-refractivity contribution is 5.96. The Labute approximate surface area is 168 Å². The summed E-state index contributed by atoms with van der Waals surface area (Å²) < 4.78 is 20.8. The summed E-state index contributed by atoms with van der Waals surface area (Å²) in [6.07, 6.45) is -0.375. The molecule has 0 saturated carbocycles. The highest BCUT2D eigenvalue weighted by atomic mass is 16.6. The lowest BCUT2D eigenvalue weighted by Gasteiger charge is -2.16. The van der Waals surface area contributed by atoms with Crippen LogP contribution in [0.25, 0.3) is 0 Å². The highest BCUT2D eigenvalue weighted by Gasteiger charge is 2.20. The number of benzene rings is 2. The van der Waals surface area contributed by atoms with E-state index in [1.165, 1.54) is 39.3 Å². The van der Waals surface area contributed by atoms with Crippen molar-refractivity contribution in [1.29, 1.82) is 0 Å². The maximum Gasteiger partial charge on any atom is 0.344 e. The number of hydrogen-bond donors (Lipinski definition) is 1. The van der Waals surface area contributed by atoms with Gasteiger partial charge in [-0.3, -0.25) is 9.59 Å². The zero-order valence-electron chi connectivity index (χ0n) is 16.7. The molecular formula is C21H23NO7. The van der Waals surface area contributed by atoms with E-state index in [0.29, 0.717) is 29.0 Å². The lowest BCUT2D eigenvalue weighted by Crippen LogP contribution is -2.31. The minimum absolute atomic E-state index is 0.275. The minimum Gasteiger partial charge on any atom is -0.495 e. The van der Waals surface area contributed by atoms with E-state index in [1.54, 1.807) is 12.1 Å². The van der Waals surface area contributed by atoms with Crippen LogP contribution in [0.5, 0.6) is 17.2 Å². The molecule has 0 saturated heterocycles. The van der Waals surface area contributed by atoms with Crippen molar-refractivity contribution in [2.24, 2.45) is 0 Å². The molecule has 0 unspecified atom stereocenters. The van der Waals surface area contributed by atoms with Gasteiger partial charge in [0.15, 0.2) is 24.2 Å². The molecule has 0 heterocycles. The number of carbonyl (C=O) groups excluding carboxylic acids is 3. The summed E-state index contributed by atoms with van der Waals surface area (Å²) in [6, 6.07) is 9.87. The number of esters is 1. The Bertz CT molecular complexity index is 895. The minimum atomic E-state index is -1.05. The topological polar surface area (TPSA) is 100 Å². The van der Waals surface area contributed by atoms with Crippen molar-refractivity contribution in [3.63, 3.8) is 0 Å². The normalized spacial score (nSPS) is 11.2. The summed E-state index contributed by atoms with van der Waals surface area (Å²) >= 11 is 0. The van der Waals surface area contributed by atoms with E-state index in [0.717, 1.165) is 5.56 Å².